The Morgan fingerprint density at radius 3 is 2.89 bits per heavy atom. The van der Waals surface area contributed by atoms with Crippen LogP contribution in [0.15, 0.2) is 35.0 Å². The zero-order chi connectivity index (χ0) is 13.1. The second kappa shape index (κ2) is 5.54. The van der Waals surface area contributed by atoms with Crippen molar-refractivity contribution in [2.24, 2.45) is 0 Å². The molecule has 18 heavy (non-hydrogen) atoms. The van der Waals surface area contributed by atoms with Gasteiger partial charge in [0.15, 0.2) is 0 Å². The summed E-state index contributed by atoms with van der Waals surface area (Å²) in [5.74, 6) is 0.590. The fourth-order valence-corrected chi connectivity index (χ4v) is 2.41. The van der Waals surface area contributed by atoms with E-state index in [1.165, 1.54) is 17.3 Å². The van der Waals surface area contributed by atoms with E-state index in [4.69, 9.17) is 11.6 Å². The number of hydrogen-bond donors (Lipinski definition) is 0. The molecule has 0 unspecified atom stereocenters. The molecule has 1 aromatic heterocycles. The molecular weight excluding hydrogens is 268 g/mol. The first-order chi connectivity index (χ1) is 8.58. The van der Waals surface area contributed by atoms with Gasteiger partial charge in [-0.3, -0.25) is 0 Å². The van der Waals surface area contributed by atoms with Gasteiger partial charge in [0.2, 0.25) is 5.16 Å². The normalized spacial score (nSPS) is 10.6. The van der Waals surface area contributed by atoms with Crippen molar-refractivity contribution >= 4 is 23.4 Å². The van der Waals surface area contributed by atoms with Crippen LogP contribution in [-0.2, 0) is 0 Å². The monoisotopic (exact) mass is 280 g/mol. The molecule has 2 rings (SSSR count). The van der Waals surface area contributed by atoms with Crippen molar-refractivity contribution in [3.05, 3.63) is 40.9 Å². The van der Waals surface area contributed by atoms with Gasteiger partial charge in [-0.15, -0.1) is 5.10 Å². The van der Waals surface area contributed by atoms with Gasteiger partial charge in [0.1, 0.15) is 0 Å². The Labute approximate surface area is 115 Å². The topological polar surface area (TPSA) is 43.6 Å². The number of rotatable bonds is 4. The van der Waals surface area contributed by atoms with Crippen LogP contribution in [0.1, 0.15) is 11.1 Å². The van der Waals surface area contributed by atoms with Gasteiger partial charge in [-0.05, 0) is 35.9 Å². The maximum atomic E-state index is 5.75. The summed E-state index contributed by atoms with van der Waals surface area (Å²) in [6.07, 6.45) is 0. The first-order valence-corrected chi connectivity index (χ1v) is 6.76. The minimum atomic E-state index is 0.579. The molecule has 0 amide bonds. The summed E-state index contributed by atoms with van der Waals surface area (Å²) in [6, 6.07) is 6.16. The molecule has 1 aromatic carbocycles. The van der Waals surface area contributed by atoms with E-state index in [1.54, 1.807) is 4.68 Å². The van der Waals surface area contributed by atoms with Crippen molar-refractivity contribution in [2.45, 2.75) is 19.0 Å². The Morgan fingerprint density at radius 1 is 1.44 bits per heavy atom. The van der Waals surface area contributed by atoms with Crippen molar-refractivity contribution in [1.29, 1.82) is 0 Å². The number of tetrazole rings is 1. The highest BCUT2D eigenvalue weighted by molar-refractivity contribution is 7.99. The molecule has 0 spiro atoms. The number of thioether (sulfide) groups is 1. The number of halogens is 1. The van der Waals surface area contributed by atoms with Crippen LogP contribution >= 0.6 is 23.4 Å². The Hall–Kier alpha value is -1.33. The molecule has 94 valence electrons. The second-order valence-electron chi connectivity index (χ2n) is 3.97. The quantitative estimate of drug-likeness (QED) is 0.807. The fraction of sp³-hybridized carbons (Fsp3) is 0.250. The van der Waals surface area contributed by atoms with Crippen molar-refractivity contribution in [1.82, 2.24) is 20.2 Å². The van der Waals surface area contributed by atoms with Crippen molar-refractivity contribution in [3.63, 3.8) is 0 Å². The van der Waals surface area contributed by atoms with E-state index in [9.17, 15) is 0 Å². The molecule has 0 saturated carbocycles. The maximum absolute atomic E-state index is 5.75. The van der Waals surface area contributed by atoms with Crippen LogP contribution in [0.5, 0.6) is 0 Å². The van der Waals surface area contributed by atoms with E-state index in [-0.39, 0.29) is 0 Å². The van der Waals surface area contributed by atoms with E-state index in [0.717, 1.165) is 11.3 Å². The van der Waals surface area contributed by atoms with Crippen LogP contribution in [0.2, 0.25) is 0 Å². The predicted molar refractivity (Wildman–Crippen MR) is 74.3 cm³/mol. The lowest BCUT2D eigenvalue weighted by atomic mass is 10.1. The molecule has 0 N–H and O–H groups in total. The van der Waals surface area contributed by atoms with Crippen LogP contribution in [-0.4, -0.2) is 26.0 Å². The largest absolute Gasteiger partial charge is 0.214 e. The number of aromatic nitrogens is 4. The highest BCUT2D eigenvalue weighted by Crippen LogP contribution is 2.23. The first kappa shape index (κ1) is 13.1. The SMILES string of the molecule is C=C(Cl)CSc1nnnn1-c1ccc(C)cc1C. The third kappa shape index (κ3) is 2.91. The van der Waals surface area contributed by atoms with Crippen molar-refractivity contribution in [3.8, 4) is 5.69 Å². The molecular formula is C12H13ClN4S. The minimum absolute atomic E-state index is 0.579. The van der Waals surface area contributed by atoms with E-state index in [1.807, 2.05) is 19.1 Å². The number of aryl methyl sites for hydroxylation is 2. The molecule has 0 aliphatic heterocycles. The predicted octanol–water partition coefficient (Wildman–Crippen LogP) is 3.12. The first-order valence-electron chi connectivity index (χ1n) is 5.40. The zero-order valence-electron chi connectivity index (χ0n) is 10.2. The number of nitrogens with zero attached hydrogens (tertiary/aromatic N) is 4. The number of benzene rings is 1. The lowest BCUT2D eigenvalue weighted by Gasteiger charge is -2.07. The van der Waals surface area contributed by atoms with Gasteiger partial charge >= 0.3 is 0 Å². The lowest BCUT2D eigenvalue weighted by molar-refractivity contribution is 0.752. The molecule has 0 saturated heterocycles. The van der Waals surface area contributed by atoms with Gasteiger partial charge in [-0.1, -0.05) is 47.6 Å². The Balaban J connectivity index is 2.33. The fourth-order valence-electron chi connectivity index (χ4n) is 1.61. The maximum Gasteiger partial charge on any atom is 0.214 e. The third-order valence-electron chi connectivity index (χ3n) is 2.38. The smallest absolute Gasteiger partial charge is 0.187 e. The molecule has 0 radical (unpaired) electrons. The molecule has 0 aliphatic rings. The molecule has 1 heterocycles. The van der Waals surface area contributed by atoms with Gasteiger partial charge in [-0.2, -0.15) is 4.68 Å². The molecule has 0 atom stereocenters. The van der Waals surface area contributed by atoms with Crippen LogP contribution in [0.3, 0.4) is 0 Å². The zero-order valence-corrected chi connectivity index (χ0v) is 11.8. The molecule has 6 heteroatoms. The summed E-state index contributed by atoms with van der Waals surface area (Å²) in [5.41, 5.74) is 3.33. The van der Waals surface area contributed by atoms with E-state index >= 15 is 0 Å². The van der Waals surface area contributed by atoms with Gasteiger partial charge in [0.05, 0.1) is 5.69 Å². The summed E-state index contributed by atoms with van der Waals surface area (Å²) in [6.45, 7) is 7.75. The highest BCUT2D eigenvalue weighted by Gasteiger charge is 2.11. The molecule has 0 fully saturated rings. The summed E-state index contributed by atoms with van der Waals surface area (Å²) in [7, 11) is 0. The van der Waals surface area contributed by atoms with Crippen LogP contribution in [0.4, 0.5) is 0 Å². The third-order valence-corrected chi connectivity index (χ3v) is 3.68. The lowest BCUT2D eigenvalue weighted by Crippen LogP contribution is -2.02. The molecule has 0 bridgehead atoms. The van der Waals surface area contributed by atoms with E-state index < -0.39 is 0 Å². The summed E-state index contributed by atoms with van der Waals surface area (Å²) in [5, 5.41) is 13.0. The second-order valence-corrected chi connectivity index (χ2v) is 5.45. The standard InChI is InChI=1S/C12H13ClN4S/c1-8-4-5-11(9(2)6-8)17-12(14-15-16-17)18-7-10(3)13/h4-6H,3,7H2,1-2H3. The molecule has 2 aromatic rings. The average molecular weight is 281 g/mol. The van der Waals surface area contributed by atoms with Crippen LogP contribution < -0.4 is 0 Å². The highest BCUT2D eigenvalue weighted by atomic mass is 35.5. The summed E-state index contributed by atoms with van der Waals surface area (Å²) < 4.78 is 1.72. The Kier molecular flexibility index (Phi) is 4.04. The van der Waals surface area contributed by atoms with Crippen LogP contribution in [0, 0.1) is 13.8 Å². The minimum Gasteiger partial charge on any atom is -0.187 e. The average Bonchev–Trinajstić information content (AvgIpc) is 2.74. The van der Waals surface area contributed by atoms with Crippen molar-refractivity contribution in [2.75, 3.05) is 5.75 Å². The Morgan fingerprint density at radius 2 is 2.22 bits per heavy atom. The molecule has 0 aliphatic carbocycles. The summed E-state index contributed by atoms with van der Waals surface area (Å²) >= 11 is 7.22. The summed E-state index contributed by atoms with van der Waals surface area (Å²) in [4.78, 5) is 0. The van der Waals surface area contributed by atoms with Gasteiger partial charge in [-0.25, -0.2) is 0 Å². The van der Waals surface area contributed by atoms with Gasteiger partial charge in [0, 0.05) is 10.8 Å². The number of hydrogen-bond acceptors (Lipinski definition) is 4. The van der Waals surface area contributed by atoms with Gasteiger partial charge in [0.25, 0.3) is 0 Å². The van der Waals surface area contributed by atoms with E-state index in [2.05, 4.69) is 35.1 Å². The van der Waals surface area contributed by atoms with E-state index in [0.29, 0.717) is 15.9 Å². The van der Waals surface area contributed by atoms with Gasteiger partial charge < -0.3 is 0 Å². The van der Waals surface area contributed by atoms with Crippen molar-refractivity contribution < 1.29 is 0 Å². The molecule has 4 nitrogen and oxygen atoms in total. The Bertz CT molecular complexity index is 579. The van der Waals surface area contributed by atoms with Crippen LogP contribution in [0.25, 0.3) is 5.69 Å².